The van der Waals surface area contributed by atoms with Gasteiger partial charge in [-0.05, 0) is 24.6 Å². The molecule has 20 heavy (non-hydrogen) atoms. The molecule has 3 heteroatoms. The number of rotatable bonds is 10. The minimum absolute atomic E-state index is 0.278. The van der Waals surface area contributed by atoms with Crippen LogP contribution in [0.25, 0.3) is 0 Å². The molecule has 0 fully saturated rings. The highest BCUT2D eigenvalue weighted by Crippen LogP contribution is 2.10. The minimum Gasteiger partial charge on any atom is -0.462 e. The van der Waals surface area contributed by atoms with Gasteiger partial charge in [-0.15, -0.1) is 0 Å². The Bertz CT molecular complexity index is 390. The average Bonchev–Trinajstić information content (AvgIpc) is 2.45. The van der Waals surface area contributed by atoms with Crippen LogP contribution >= 0.6 is 0 Å². The van der Waals surface area contributed by atoms with Crippen LogP contribution in [-0.2, 0) is 4.74 Å². The molecule has 0 unspecified atom stereocenters. The lowest BCUT2D eigenvalue weighted by Crippen LogP contribution is -2.06. The Balaban J connectivity index is 2.02. The van der Waals surface area contributed by atoms with E-state index in [9.17, 15) is 4.79 Å². The molecule has 0 atom stereocenters. The molecule has 0 aliphatic rings. The van der Waals surface area contributed by atoms with Crippen molar-refractivity contribution in [2.75, 3.05) is 12.3 Å². The minimum atomic E-state index is -0.278. The van der Waals surface area contributed by atoms with Gasteiger partial charge in [0.25, 0.3) is 0 Å². The van der Waals surface area contributed by atoms with Crippen molar-refractivity contribution in [3.8, 4) is 0 Å². The van der Waals surface area contributed by atoms with Gasteiger partial charge in [0.1, 0.15) is 0 Å². The number of ether oxygens (including phenoxy) is 1. The Morgan fingerprint density at radius 3 is 2.35 bits per heavy atom. The molecule has 1 rings (SSSR count). The van der Waals surface area contributed by atoms with E-state index >= 15 is 0 Å². The lowest BCUT2D eigenvalue weighted by atomic mass is 10.1. The third kappa shape index (κ3) is 7.17. The lowest BCUT2D eigenvalue weighted by Gasteiger charge is -2.05. The van der Waals surface area contributed by atoms with Gasteiger partial charge in [-0.25, -0.2) is 4.79 Å². The maximum atomic E-state index is 11.7. The normalized spacial score (nSPS) is 10.4. The number of hydrogen-bond acceptors (Lipinski definition) is 3. The quantitative estimate of drug-likeness (QED) is 0.387. The lowest BCUT2D eigenvalue weighted by molar-refractivity contribution is 0.0497. The van der Waals surface area contributed by atoms with E-state index in [0.717, 1.165) is 12.8 Å². The number of carbonyl (C=O) groups is 1. The highest BCUT2D eigenvalue weighted by Gasteiger charge is 2.06. The standard InChI is InChI=1S/C17H27NO2/c1-2-3-4-5-6-7-8-9-13-20-17(19)15-11-10-12-16(18)14-15/h10-12,14H,2-9,13,18H2,1H3. The van der Waals surface area contributed by atoms with E-state index in [1.807, 2.05) is 0 Å². The first-order valence-electron chi connectivity index (χ1n) is 7.76. The van der Waals surface area contributed by atoms with Gasteiger partial charge < -0.3 is 10.5 Å². The molecule has 0 aliphatic carbocycles. The number of nitrogens with two attached hydrogens (primary N) is 1. The van der Waals surface area contributed by atoms with Crippen molar-refractivity contribution in [3.05, 3.63) is 29.8 Å². The van der Waals surface area contributed by atoms with Crippen LogP contribution in [0.4, 0.5) is 5.69 Å². The van der Waals surface area contributed by atoms with Crippen LogP contribution in [0.2, 0.25) is 0 Å². The third-order valence-corrected chi connectivity index (χ3v) is 3.35. The molecule has 0 saturated carbocycles. The number of hydrogen-bond donors (Lipinski definition) is 1. The molecular formula is C17H27NO2. The van der Waals surface area contributed by atoms with Gasteiger partial charge in [0, 0.05) is 5.69 Å². The van der Waals surface area contributed by atoms with Gasteiger partial charge in [0.15, 0.2) is 0 Å². The molecule has 1 aromatic carbocycles. The molecule has 0 aromatic heterocycles. The highest BCUT2D eigenvalue weighted by atomic mass is 16.5. The number of anilines is 1. The summed E-state index contributed by atoms with van der Waals surface area (Å²) in [7, 11) is 0. The van der Waals surface area contributed by atoms with E-state index in [1.165, 1.54) is 38.5 Å². The van der Waals surface area contributed by atoms with Crippen LogP contribution < -0.4 is 5.73 Å². The van der Waals surface area contributed by atoms with Crippen LogP contribution in [0.15, 0.2) is 24.3 Å². The topological polar surface area (TPSA) is 52.3 Å². The van der Waals surface area contributed by atoms with E-state index in [1.54, 1.807) is 24.3 Å². The van der Waals surface area contributed by atoms with E-state index in [-0.39, 0.29) is 5.97 Å². The summed E-state index contributed by atoms with van der Waals surface area (Å²) in [5.41, 5.74) is 6.75. The molecule has 112 valence electrons. The molecular weight excluding hydrogens is 250 g/mol. The summed E-state index contributed by atoms with van der Waals surface area (Å²) in [6.45, 7) is 2.73. The molecule has 0 amide bonds. The zero-order valence-corrected chi connectivity index (χ0v) is 12.6. The van der Waals surface area contributed by atoms with Crippen LogP contribution in [-0.4, -0.2) is 12.6 Å². The fourth-order valence-corrected chi connectivity index (χ4v) is 2.15. The number of benzene rings is 1. The van der Waals surface area contributed by atoms with Crippen LogP contribution in [0.3, 0.4) is 0 Å². The summed E-state index contributed by atoms with van der Waals surface area (Å²) in [6.07, 6.45) is 9.93. The van der Waals surface area contributed by atoms with Crippen molar-refractivity contribution < 1.29 is 9.53 Å². The molecule has 0 heterocycles. The maximum absolute atomic E-state index is 11.7. The Hall–Kier alpha value is -1.51. The van der Waals surface area contributed by atoms with Crippen LogP contribution in [0.1, 0.15) is 68.6 Å². The van der Waals surface area contributed by atoms with Crippen LogP contribution in [0.5, 0.6) is 0 Å². The van der Waals surface area contributed by atoms with Gasteiger partial charge in [-0.3, -0.25) is 0 Å². The Labute approximate surface area is 122 Å². The maximum Gasteiger partial charge on any atom is 0.338 e. The van der Waals surface area contributed by atoms with E-state index < -0.39 is 0 Å². The first kappa shape index (κ1) is 16.5. The van der Waals surface area contributed by atoms with Crippen molar-refractivity contribution in [1.82, 2.24) is 0 Å². The summed E-state index contributed by atoms with van der Waals surface area (Å²) < 4.78 is 5.23. The van der Waals surface area contributed by atoms with E-state index in [4.69, 9.17) is 10.5 Å². The first-order valence-corrected chi connectivity index (χ1v) is 7.76. The smallest absolute Gasteiger partial charge is 0.338 e. The van der Waals surface area contributed by atoms with Crippen molar-refractivity contribution in [3.63, 3.8) is 0 Å². The van der Waals surface area contributed by atoms with Crippen molar-refractivity contribution in [2.45, 2.75) is 58.3 Å². The largest absolute Gasteiger partial charge is 0.462 e. The third-order valence-electron chi connectivity index (χ3n) is 3.35. The fourth-order valence-electron chi connectivity index (χ4n) is 2.15. The number of esters is 1. The predicted molar refractivity (Wildman–Crippen MR) is 83.7 cm³/mol. The highest BCUT2D eigenvalue weighted by molar-refractivity contribution is 5.90. The molecule has 2 N–H and O–H groups in total. The average molecular weight is 277 g/mol. The molecule has 0 bridgehead atoms. The van der Waals surface area contributed by atoms with Gasteiger partial charge in [-0.1, -0.05) is 57.9 Å². The zero-order chi connectivity index (χ0) is 14.6. The van der Waals surface area contributed by atoms with Gasteiger partial charge >= 0.3 is 5.97 Å². The van der Waals surface area contributed by atoms with Crippen molar-refractivity contribution in [1.29, 1.82) is 0 Å². The second-order valence-corrected chi connectivity index (χ2v) is 5.24. The van der Waals surface area contributed by atoms with Crippen molar-refractivity contribution >= 4 is 11.7 Å². The number of nitrogen functional groups attached to an aromatic ring is 1. The second-order valence-electron chi connectivity index (χ2n) is 5.24. The first-order chi connectivity index (χ1) is 9.74. The van der Waals surface area contributed by atoms with Crippen LogP contribution in [0, 0.1) is 0 Å². The number of carbonyl (C=O) groups excluding carboxylic acids is 1. The Morgan fingerprint density at radius 2 is 1.70 bits per heavy atom. The summed E-state index contributed by atoms with van der Waals surface area (Å²) in [6, 6.07) is 6.90. The molecule has 1 aromatic rings. The monoisotopic (exact) mass is 277 g/mol. The molecule has 0 aliphatic heterocycles. The summed E-state index contributed by atoms with van der Waals surface area (Å²) >= 11 is 0. The molecule has 0 spiro atoms. The molecule has 0 radical (unpaired) electrons. The predicted octanol–water partition coefficient (Wildman–Crippen LogP) is 4.57. The fraction of sp³-hybridized carbons (Fsp3) is 0.588. The summed E-state index contributed by atoms with van der Waals surface area (Å²) in [5, 5.41) is 0. The van der Waals surface area contributed by atoms with Gasteiger partial charge in [-0.2, -0.15) is 0 Å². The van der Waals surface area contributed by atoms with Gasteiger partial charge in [0.2, 0.25) is 0 Å². The Morgan fingerprint density at radius 1 is 1.05 bits per heavy atom. The second kappa shape index (κ2) is 10.3. The van der Waals surface area contributed by atoms with Gasteiger partial charge in [0.05, 0.1) is 12.2 Å². The SMILES string of the molecule is CCCCCCCCCCOC(=O)c1cccc(N)c1. The number of unbranched alkanes of at least 4 members (excludes halogenated alkanes) is 7. The zero-order valence-electron chi connectivity index (χ0n) is 12.6. The van der Waals surface area contributed by atoms with E-state index in [2.05, 4.69) is 6.92 Å². The Kier molecular flexibility index (Phi) is 8.52. The molecule has 3 nitrogen and oxygen atoms in total. The van der Waals surface area contributed by atoms with Crippen molar-refractivity contribution in [2.24, 2.45) is 0 Å². The summed E-state index contributed by atoms with van der Waals surface area (Å²) in [5.74, 6) is -0.278. The summed E-state index contributed by atoms with van der Waals surface area (Å²) in [4.78, 5) is 11.7. The molecule has 0 saturated heterocycles. The van der Waals surface area contributed by atoms with E-state index in [0.29, 0.717) is 17.9 Å².